The Bertz CT molecular complexity index is 395. The van der Waals surface area contributed by atoms with Gasteiger partial charge in [-0.3, -0.25) is 9.48 Å². The molecule has 2 rings (SSSR count). The van der Waals surface area contributed by atoms with Gasteiger partial charge in [0.2, 0.25) is 0 Å². The lowest BCUT2D eigenvalue weighted by Gasteiger charge is -2.27. The quantitative estimate of drug-likeness (QED) is 0.845. The summed E-state index contributed by atoms with van der Waals surface area (Å²) in [7, 11) is 1.82. The fourth-order valence-electron chi connectivity index (χ4n) is 2.64. The molecular formula is C13H22N4O. The maximum Gasteiger partial charge on any atom is 0.139 e. The lowest BCUT2D eigenvalue weighted by molar-refractivity contribution is -0.119. The molecule has 2 unspecified atom stereocenters. The van der Waals surface area contributed by atoms with Crippen LogP contribution >= 0.6 is 0 Å². The van der Waals surface area contributed by atoms with Crippen molar-refractivity contribution in [3.63, 3.8) is 0 Å². The van der Waals surface area contributed by atoms with Crippen molar-refractivity contribution in [2.24, 2.45) is 18.9 Å². The normalized spacial score (nSPS) is 21.8. The van der Waals surface area contributed by atoms with Gasteiger partial charge >= 0.3 is 0 Å². The molecular weight excluding hydrogens is 228 g/mol. The molecule has 1 aromatic heterocycles. The monoisotopic (exact) mass is 250 g/mol. The van der Waals surface area contributed by atoms with Crippen molar-refractivity contribution in [2.75, 3.05) is 13.1 Å². The second-order valence-electron chi connectivity index (χ2n) is 5.39. The highest BCUT2D eigenvalue weighted by Gasteiger charge is 2.22. The fraction of sp³-hybridized carbons (Fsp3) is 0.769. The standard InChI is InChI=1S/C13H22N4O/c1-10(11-4-3-5-14-8-11)6-13(18)7-12-9-17(2)16-15-12/h9-11,14H,3-8H2,1-2H3. The molecule has 0 amide bonds. The highest BCUT2D eigenvalue weighted by Crippen LogP contribution is 2.23. The van der Waals surface area contributed by atoms with Gasteiger partial charge in [-0.2, -0.15) is 0 Å². The lowest BCUT2D eigenvalue weighted by Crippen LogP contribution is -2.34. The molecule has 1 aliphatic heterocycles. The summed E-state index contributed by atoms with van der Waals surface area (Å²) in [5.41, 5.74) is 0.775. The summed E-state index contributed by atoms with van der Waals surface area (Å²) in [5.74, 6) is 1.38. The minimum absolute atomic E-state index is 0.272. The Morgan fingerprint density at radius 2 is 2.50 bits per heavy atom. The van der Waals surface area contributed by atoms with Gasteiger partial charge in [0.15, 0.2) is 0 Å². The Hall–Kier alpha value is -1.23. The molecule has 5 nitrogen and oxygen atoms in total. The van der Waals surface area contributed by atoms with Crippen LogP contribution in [0, 0.1) is 11.8 Å². The number of carbonyl (C=O) groups excluding carboxylic acids is 1. The molecule has 0 saturated carbocycles. The van der Waals surface area contributed by atoms with Crippen molar-refractivity contribution < 1.29 is 4.79 Å². The van der Waals surface area contributed by atoms with Crippen molar-refractivity contribution in [1.29, 1.82) is 0 Å². The van der Waals surface area contributed by atoms with Crippen LogP contribution in [0.4, 0.5) is 0 Å². The zero-order valence-electron chi connectivity index (χ0n) is 11.2. The van der Waals surface area contributed by atoms with Gasteiger partial charge in [0.1, 0.15) is 5.78 Å². The second kappa shape index (κ2) is 6.09. The van der Waals surface area contributed by atoms with Crippen LogP contribution < -0.4 is 5.32 Å². The Labute approximate surface area is 108 Å². The fourth-order valence-corrected chi connectivity index (χ4v) is 2.64. The third-order valence-electron chi connectivity index (χ3n) is 3.72. The lowest BCUT2D eigenvalue weighted by atomic mass is 9.84. The molecule has 0 aromatic carbocycles. The van der Waals surface area contributed by atoms with Crippen LogP contribution in [0.15, 0.2) is 6.20 Å². The largest absolute Gasteiger partial charge is 0.316 e. The van der Waals surface area contributed by atoms with E-state index in [0.717, 1.165) is 18.8 Å². The summed E-state index contributed by atoms with van der Waals surface area (Å²) >= 11 is 0. The number of piperidine rings is 1. The molecule has 0 spiro atoms. The number of rotatable bonds is 5. The summed E-state index contributed by atoms with van der Waals surface area (Å²) in [5, 5.41) is 11.2. The molecule has 18 heavy (non-hydrogen) atoms. The predicted octanol–water partition coefficient (Wildman–Crippen LogP) is 0.952. The first-order chi connectivity index (χ1) is 8.65. The predicted molar refractivity (Wildman–Crippen MR) is 69.1 cm³/mol. The Morgan fingerprint density at radius 1 is 1.67 bits per heavy atom. The van der Waals surface area contributed by atoms with E-state index >= 15 is 0 Å². The van der Waals surface area contributed by atoms with Crippen LogP contribution in [0.1, 0.15) is 31.9 Å². The number of Topliss-reactive ketones (excluding diaryl/α,β-unsaturated/α-hetero) is 1. The van der Waals surface area contributed by atoms with Crippen LogP contribution in [-0.2, 0) is 18.3 Å². The van der Waals surface area contributed by atoms with Crippen LogP contribution in [0.3, 0.4) is 0 Å². The molecule has 2 atom stereocenters. The molecule has 100 valence electrons. The van der Waals surface area contributed by atoms with Crippen molar-refractivity contribution in [2.45, 2.75) is 32.6 Å². The van der Waals surface area contributed by atoms with Crippen LogP contribution in [0.2, 0.25) is 0 Å². The van der Waals surface area contributed by atoms with E-state index in [2.05, 4.69) is 22.6 Å². The summed E-state index contributed by atoms with van der Waals surface area (Å²) in [6.07, 6.45) is 5.35. The van der Waals surface area contributed by atoms with Crippen molar-refractivity contribution in [3.8, 4) is 0 Å². The van der Waals surface area contributed by atoms with E-state index < -0.39 is 0 Å². The van der Waals surface area contributed by atoms with E-state index in [1.54, 1.807) is 4.68 Å². The molecule has 1 aromatic rings. The first-order valence-corrected chi connectivity index (χ1v) is 6.73. The Balaban J connectivity index is 1.79. The van der Waals surface area contributed by atoms with Gasteiger partial charge in [-0.1, -0.05) is 12.1 Å². The average Bonchev–Trinajstić information content (AvgIpc) is 2.75. The van der Waals surface area contributed by atoms with Crippen molar-refractivity contribution >= 4 is 5.78 Å². The van der Waals surface area contributed by atoms with Crippen LogP contribution in [-0.4, -0.2) is 33.9 Å². The van der Waals surface area contributed by atoms with Crippen molar-refractivity contribution in [1.82, 2.24) is 20.3 Å². The molecule has 1 N–H and O–H groups in total. The van der Waals surface area contributed by atoms with E-state index in [0.29, 0.717) is 24.7 Å². The minimum Gasteiger partial charge on any atom is -0.316 e. The molecule has 5 heteroatoms. The minimum atomic E-state index is 0.272. The third kappa shape index (κ3) is 3.63. The first kappa shape index (κ1) is 13.2. The van der Waals surface area contributed by atoms with E-state index in [4.69, 9.17) is 0 Å². The topological polar surface area (TPSA) is 59.8 Å². The number of aromatic nitrogens is 3. The summed E-state index contributed by atoms with van der Waals surface area (Å²) in [4.78, 5) is 12.0. The second-order valence-corrected chi connectivity index (χ2v) is 5.39. The number of aryl methyl sites for hydroxylation is 1. The molecule has 0 aliphatic carbocycles. The maximum atomic E-state index is 12.0. The highest BCUT2D eigenvalue weighted by molar-refractivity contribution is 5.80. The summed E-state index contributed by atoms with van der Waals surface area (Å²) in [6.45, 7) is 4.36. The SMILES string of the molecule is CC(CC(=O)Cc1cn(C)nn1)C1CCCNC1. The van der Waals surface area contributed by atoms with Crippen molar-refractivity contribution in [3.05, 3.63) is 11.9 Å². The Morgan fingerprint density at radius 3 is 3.11 bits per heavy atom. The number of hydrogen-bond acceptors (Lipinski definition) is 4. The van der Waals surface area contributed by atoms with Gasteiger partial charge in [0, 0.05) is 19.7 Å². The molecule has 2 heterocycles. The highest BCUT2D eigenvalue weighted by atomic mass is 16.1. The number of hydrogen-bond donors (Lipinski definition) is 1. The first-order valence-electron chi connectivity index (χ1n) is 6.73. The Kier molecular flexibility index (Phi) is 4.47. The molecule has 0 bridgehead atoms. The van der Waals surface area contributed by atoms with Gasteiger partial charge in [-0.15, -0.1) is 5.10 Å². The maximum absolute atomic E-state index is 12.0. The number of carbonyl (C=O) groups is 1. The van der Waals surface area contributed by atoms with E-state index in [1.807, 2.05) is 13.2 Å². The van der Waals surface area contributed by atoms with E-state index in [-0.39, 0.29) is 5.78 Å². The van der Waals surface area contributed by atoms with Gasteiger partial charge in [-0.05, 0) is 37.8 Å². The van der Waals surface area contributed by atoms with Gasteiger partial charge in [0.05, 0.1) is 12.1 Å². The number of nitrogens with one attached hydrogen (secondary N) is 1. The molecule has 1 fully saturated rings. The summed E-state index contributed by atoms with van der Waals surface area (Å²) in [6, 6.07) is 0. The number of ketones is 1. The zero-order chi connectivity index (χ0) is 13.0. The zero-order valence-corrected chi connectivity index (χ0v) is 11.2. The molecule has 1 aliphatic rings. The third-order valence-corrected chi connectivity index (χ3v) is 3.72. The van der Waals surface area contributed by atoms with Gasteiger partial charge in [-0.25, -0.2) is 0 Å². The van der Waals surface area contributed by atoms with Gasteiger partial charge < -0.3 is 5.32 Å². The van der Waals surface area contributed by atoms with E-state index in [1.165, 1.54) is 12.8 Å². The number of nitrogens with zero attached hydrogens (tertiary/aromatic N) is 3. The molecule has 0 radical (unpaired) electrons. The van der Waals surface area contributed by atoms with Gasteiger partial charge in [0.25, 0.3) is 0 Å². The molecule has 1 saturated heterocycles. The van der Waals surface area contributed by atoms with E-state index in [9.17, 15) is 4.79 Å². The van der Waals surface area contributed by atoms with Crippen LogP contribution in [0.5, 0.6) is 0 Å². The average molecular weight is 250 g/mol. The van der Waals surface area contributed by atoms with Crippen LogP contribution in [0.25, 0.3) is 0 Å². The summed E-state index contributed by atoms with van der Waals surface area (Å²) < 4.78 is 1.64. The smallest absolute Gasteiger partial charge is 0.139 e.